The second-order valence-corrected chi connectivity index (χ2v) is 7.81. The Kier molecular flexibility index (Phi) is 5.72. The summed E-state index contributed by atoms with van der Waals surface area (Å²) >= 11 is 0. The molecule has 6 nitrogen and oxygen atoms in total. The number of aromatic nitrogens is 1. The zero-order chi connectivity index (χ0) is 22.6. The first-order chi connectivity index (χ1) is 16.2. The maximum Gasteiger partial charge on any atom is 0.244 e. The molecular formula is C27H24N2O4. The minimum atomic E-state index is -0.161. The Labute approximate surface area is 191 Å². The number of nitrogens with one attached hydrogen (secondary N) is 2. The lowest BCUT2D eigenvalue weighted by atomic mass is 9.90. The summed E-state index contributed by atoms with van der Waals surface area (Å²) in [5.74, 6) is 2.03. The van der Waals surface area contributed by atoms with Gasteiger partial charge < -0.3 is 24.5 Å². The van der Waals surface area contributed by atoms with Gasteiger partial charge in [0.15, 0.2) is 11.5 Å². The van der Waals surface area contributed by atoms with Crippen LogP contribution in [0.4, 0.5) is 0 Å². The fraction of sp³-hybridized carbons (Fsp3) is 0.148. The summed E-state index contributed by atoms with van der Waals surface area (Å²) in [5.41, 5.74) is 4.18. The van der Waals surface area contributed by atoms with E-state index in [1.54, 1.807) is 13.2 Å². The first kappa shape index (κ1) is 20.7. The van der Waals surface area contributed by atoms with Gasteiger partial charge in [-0.25, -0.2) is 0 Å². The van der Waals surface area contributed by atoms with Gasteiger partial charge in [0.05, 0.1) is 7.11 Å². The van der Waals surface area contributed by atoms with Crippen molar-refractivity contribution in [2.45, 2.75) is 5.92 Å². The fourth-order valence-corrected chi connectivity index (χ4v) is 4.08. The highest BCUT2D eigenvalue weighted by atomic mass is 16.7. The zero-order valence-electron chi connectivity index (χ0n) is 18.2. The van der Waals surface area contributed by atoms with Crippen molar-refractivity contribution in [2.75, 3.05) is 20.4 Å². The van der Waals surface area contributed by atoms with Crippen LogP contribution in [0.3, 0.4) is 0 Å². The van der Waals surface area contributed by atoms with E-state index in [0.717, 1.165) is 39.1 Å². The molecule has 33 heavy (non-hydrogen) atoms. The SMILES string of the molecule is COc1ccc([C@H](CNC(=O)/C=C/c2ccc3c(c2)OCO3)c2c[nH]c3ccccc23)cc1. The Bertz CT molecular complexity index is 1310. The first-order valence-electron chi connectivity index (χ1n) is 10.8. The van der Waals surface area contributed by atoms with Crippen LogP contribution in [0, 0.1) is 0 Å². The van der Waals surface area contributed by atoms with E-state index in [-0.39, 0.29) is 18.6 Å². The second-order valence-electron chi connectivity index (χ2n) is 7.81. The van der Waals surface area contributed by atoms with E-state index in [2.05, 4.69) is 22.4 Å². The number of benzene rings is 3. The van der Waals surface area contributed by atoms with E-state index >= 15 is 0 Å². The van der Waals surface area contributed by atoms with Gasteiger partial charge in [-0.1, -0.05) is 36.4 Å². The number of methoxy groups -OCH3 is 1. The molecule has 2 N–H and O–H groups in total. The van der Waals surface area contributed by atoms with Crippen LogP contribution in [0.2, 0.25) is 0 Å². The predicted molar refractivity (Wildman–Crippen MR) is 128 cm³/mol. The van der Waals surface area contributed by atoms with Gasteiger partial charge in [0, 0.05) is 35.6 Å². The van der Waals surface area contributed by atoms with Gasteiger partial charge in [-0.15, -0.1) is 0 Å². The zero-order valence-corrected chi connectivity index (χ0v) is 18.2. The van der Waals surface area contributed by atoms with Gasteiger partial charge in [-0.05, 0) is 53.1 Å². The molecule has 2 heterocycles. The molecule has 5 rings (SSSR count). The number of ether oxygens (including phenoxy) is 3. The summed E-state index contributed by atoms with van der Waals surface area (Å²) in [7, 11) is 1.65. The lowest BCUT2D eigenvalue weighted by molar-refractivity contribution is -0.116. The van der Waals surface area contributed by atoms with Crippen molar-refractivity contribution < 1.29 is 19.0 Å². The van der Waals surface area contributed by atoms with Gasteiger partial charge in [0.1, 0.15) is 5.75 Å². The van der Waals surface area contributed by atoms with Crippen LogP contribution in [-0.4, -0.2) is 31.3 Å². The Balaban J connectivity index is 1.35. The van der Waals surface area contributed by atoms with Crippen LogP contribution in [0.15, 0.2) is 79.0 Å². The number of hydrogen-bond acceptors (Lipinski definition) is 4. The van der Waals surface area contributed by atoms with E-state index in [1.807, 2.05) is 60.8 Å². The Morgan fingerprint density at radius 2 is 1.91 bits per heavy atom. The van der Waals surface area contributed by atoms with Crippen LogP contribution < -0.4 is 19.5 Å². The standard InChI is InChI=1S/C27H24N2O4/c1-31-20-10-8-19(9-11-20)22(23-16-28-24-5-3-2-4-21(23)24)15-29-27(30)13-7-18-6-12-25-26(14-18)33-17-32-25/h2-14,16,22,28H,15,17H2,1H3,(H,29,30)/b13-7+/t22-/m0/s1. The number of carbonyl (C=O) groups excluding carboxylic acids is 1. The number of aromatic amines is 1. The third kappa shape index (κ3) is 4.41. The van der Waals surface area contributed by atoms with Gasteiger partial charge in [-0.3, -0.25) is 4.79 Å². The summed E-state index contributed by atoms with van der Waals surface area (Å²) in [5, 5.41) is 4.20. The van der Waals surface area contributed by atoms with Crippen molar-refractivity contribution in [1.29, 1.82) is 0 Å². The van der Waals surface area contributed by atoms with Crippen molar-refractivity contribution in [2.24, 2.45) is 0 Å². The number of fused-ring (bicyclic) bond motifs is 2. The van der Waals surface area contributed by atoms with Gasteiger partial charge in [0.25, 0.3) is 0 Å². The van der Waals surface area contributed by atoms with Gasteiger partial charge in [-0.2, -0.15) is 0 Å². The maximum atomic E-state index is 12.6. The fourth-order valence-electron chi connectivity index (χ4n) is 4.08. The molecule has 0 saturated carbocycles. The Hall–Kier alpha value is -4.19. The van der Waals surface area contributed by atoms with E-state index < -0.39 is 0 Å². The minimum Gasteiger partial charge on any atom is -0.497 e. The highest BCUT2D eigenvalue weighted by Gasteiger charge is 2.19. The van der Waals surface area contributed by atoms with Crippen LogP contribution in [0.5, 0.6) is 17.2 Å². The van der Waals surface area contributed by atoms with Crippen LogP contribution in [-0.2, 0) is 4.79 Å². The highest BCUT2D eigenvalue weighted by Crippen LogP contribution is 2.33. The average Bonchev–Trinajstić information content (AvgIpc) is 3.50. The topological polar surface area (TPSA) is 72.6 Å². The molecule has 3 aromatic carbocycles. The number of amides is 1. The lowest BCUT2D eigenvalue weighted by Gasteiger charge is -2.18. The number of rotatable bonds is 7. The monoisotopic (exact) mass is 440 g/mol. The third-order valence-corrected chi connectivity index (χ3v) is 5.82. The minimum absolute atomic E-state index is 0.0186. The van der Waals surface area contributed by atoms with Crippen LogP contribution in [0.25, 0.3) is 17.0 Å². The summed E-state index contributed by atoms with van der Waals surface area (Å²) in [6, 6.07) is 21.7. The molecule has 1 atom stereocenters. The van der Waals surface area contributed by atoms with E-state index in [4.69, 9.17) is 14.2 Å². The summed E-state index contributed by atoms with van der Waals surface area (Å²) < 4.78 is 16.0. The smallest absolute Gasteiger partial charge is 0.244 e. The molecule has 0 fully saturated rings. The molecule has 1 aliphatic rings. The van der Waals surface area contributed by atoms with Crippen molar-refractivity contribution >= 4 is 22.9 Å². The van der Waals surface area contributed by atoms with Crippen LogP contribution >= 0.6 is 0 Å². The van der Waals surface area contributed by atoms with Crippen LogP contribution in [0.1, 0.15) is 22.6 Å². The molecule has 0 saturated heterocycles. The lowest BCUT2D eigenvalue weighted by Crippen LogP contribution is -2.27. The largest absolute Gasteiger partial charge is 0.497 e. The molecule has 0 bridgehead atoms. The second kappa shape index (κ2) is 9.12. The van der Waals surface area contributed by atoms with Crippen molar-refractivity contribution in [3.8, 4) is 17.2 Å². The number of hydrogen-bond donors (Lipinski definition) is 2. The summed E-state index contributed by atoms with van der Waals surface area (Å²) in [6.45, 7) is 0.683. The number of carbonyl (C=O) groups is 1. The molecule has 0 unspecified atom stereocenters. The molecule has 0 aliphatic carbocycles. The van der Waals surface area contributed by atoms with Gasteiger partial charge in [0.2, 0.25) is 12.7 Å². The first-order valence-corrected chi connectivity index (χ1v) is 10.8. The molecule has 6 heteroatoms. The summed E-state index contributed by atoms with van der Waals surface area (Å²) in [4.78, 5) is 16.0. The molecule has 4 aromatic rings. The molecule has 166 valence electrons. The predicted octanol–water partition coefficient (Wildman–Crippen LogP) is 4.87. The normalized spacial score (nSPS) is 13.4. The molecular weight excluding hydrogens is 416 g/mol. The molecule has 0 spiro atoms. The molecule has 1 aliphatic heterocycles. The Morgan fingerprint density at radius 3 is 2.76 bits per heavy atom. The Morgan fingerprint density at radius 1 is 1.09 bits per heavy atom. The van der Waals surface area contributed by atoms with Crippen molar-refractivity contribution in [3.05, 3.63) is 95.7 Å². The number of para-hydroxylation sites is 1. The quantitative estimate of drug-likeness (QED) is 0.402. The van der Waals surface area contributed by atoms with Crippen molar-refractivity contribution in [1.82, 2.24) is 10.3 Å². The van der Waals surface area contributed by atoms with E-state index in [1.165, 1.54) is 6.08 Å². The number of H-pyrrole nitrogens is 1. The third-order valence-electron chi connectivity index (χ3n) is 5.82. The van der Waals surface area contributed by atoms with E-state index in [0.29, 0.717) is 12.3 Å². The summed E-state index contributed by atoms with van der Waals surface area (Å²) in [6.07, 6.45) is 5.33. The van der Waals surface area contributed by atoms with E-state index in [9.17, 15) is 4.79 Å². The average molecular weight is 440 g/mol. The maximum absolute atomic E-state index is 12.6. The molecule has 1 amide bonds. The molecule has 1 aromatic heterocycles. The highest BCUT2D eigenvalue weighted by molar-refractivity contribution is 5.92. The molecule has 0 radical (unpaired) electrons. The van der Waals surface area contributed by atoms with Crippen molar-refractivity contribution in [3.63, 3.8) is 0 Å². The van der Waals surface area contributed by atoms with Gasteiger partial charge >= 0.3 is 0 Å².